The summed E-state index contributed by atoms with van der Waals surface area (Å²) in [6.07, 6.45) is 4.40. The second-order valence-corrected chi connectivity index (χ2v) is 20.1. The van der Waals surface area contributed by atoms with Crippen molar-refractivity contribution in [2.24, 2.45) is 0 Å². The van der Waals surface area contributed by atoms with E-state index in [1.54, 1.807) is 6.08 Å². The van der Waals surface area contributed by atoms with Crippen molar-refractivity contribution in [3.05, 3.63) is 12.7 Å². The molecule has 1 unspecified atom stereocenters. The van der Waals surface area contributed by atoms with Gasteiger partial charge in [-0.25, -0.2) is 0 Å². The van der Waals surface area contributed by atoms with Gasteiger partial charge < -0.3 is 38.3 Å². The average Bonchev–Trinajstić information content (AvgIpc) is 3.06. The molecule has 4 aliphatic heterocycles. The van der Waals surface area contributed by atoms with Crippen molar-refractivity contribution in [1.29, 1.82) is 0 Å². The zero-order chi connectivity index (χ0) is 30.4. The zero-order valence-electron chi connectivity index (χ0n) is 27.1. The molecule has 2 N–H and O–H groups in total. The highest BCUT2D eigenvalue weighted by molar-refractivity contribution is 6.74. The molecule has 4 fully saturated rings. The van der Waals surface area contributed by atoms with E-state index in [9.17, 15) is 10.2 Å². The molecular weight excluding hydrogens is 540 g/mol. The maximum atomic E-state index is 10.9. The Hall–Kier alpha value is -0.363. The van der Waals surface area contributed by atoms with E-state index >= 15 is 0 Å². The smallest absolute Gasteiger partial charge is 0.192 e. The van der Waals surface area contributed by atoms with Gasteiger partial charge in [-0.2, -0.15) is 0 Å². The Bertz CT molecular complexity index is 905. The quantitative estimate of drug-likeness (QED) is 0.274. The van der Waals surface area contributed by atoms with Gasteiger partial charge in [-0.3, -0.25) is 0 Å². The largest absolute Gasteiger partial charge is 0.409 e. The molecule has 0 radical (unpaired) electrons. The summed E-state index contributed by atoms with van der Waals surface area (Å²) in [6.45, 7) is 24.0. The second-order valence-electron chi connectivity index (χ2n) is 15.4. The van der Waals surface area contributed by atoms with Crippen LogP contribution in [0.3, 0.4) is 0 Å². The first kappa shape index (κ1) is 33.5. The third-order valence-electron chi connectivity index (χ3n) is 10.4. The predicted molar refractivity (Wildman–Crippen MR) is 161 cm³/mol. The van der Waals surface area contributed by atoms with Gasteiger partial charge in [0.1, 0.15) is 6.10 Å². The Morgan fingerprint density at radius 2 is 1.68 bits per heavy atom. The van der Waals surface area contributed by atoms with Crippen LogP contribution in [0.25, 0.3) is 0 Å². The molecule has 41 heavy (non-hydrogen) atoms. The fraction of sp³-hybridized carbons (Fsp3) is 0.938. The van der Waals surface area contributed by atoms with Crippen LogP contribution in [0.4, 0.5) is 0 Å². The fourth-order valence-corrected chi connectivity index (χ4v) is 8.57. The summed E-state index contributed by atoms with van der Waals surface area (Å²) < 4.78 is 39.5. The van der Waals surface area contributed by atoms with Gasteiger partial charge in [-0.05, 0) is 90.8 Å². The third-order valence-corrected chi connectivity index (χ3v) is 15.0. The summed E-state index contributed by atoms with van der Waals surface area (Å²) in [7, 11) is -2.11. The van der Waals surface area contributed by atoms with Crippen molar-refractivity contribution < 1.29 is 38.3 Å². The molecule has 0 aromatic rings. The molecule has 4 rings (SSSR count). The molecule has 0 aromatic carbocycles. The standard InChI is InChI=1S/C32H58O8Si/c1-11-12-22(33)28-23(34)19-27-31(7,39-28)17-15-24-25(37-27)16-18-32(8,40-41(9,10)29(2,3)4)26(36-24)14-13-21-20-35-30(5,6)38-21/h11,21-28,33-34H,1,12-20H2,2-10H3/t21?,22-,23-,24+,25-,26-,27+,28+,31-,32+/m1/s1. The van der Waals surface area contributed by atoms with E-state index in [1.165, 1.54) is 0 Å². The van der Waals surface area contributed by atoms with Crippen LogP contribution in [-0.2, 0) is 28.1 Å². The van der Waals surface area contributed by atoms with Crippen molar-refractivity contribution in [3.8, 4) is 0 Å². The number of ether oxygens (including phenoxy) is 5. The number of aliphatic hydroxyl groups is 2. The van der Waals surface area contributed by atoms with Crippen LogP contribution < -0.4 is 0 Å². The molecule has 4 saturated heterocycles. The van der Waals surface area contributed by atoms with Crippen molar-refractivity contribution in [2.75, 3.05) is 6.61 Å². The first-order chi connectivity index (χ1) is 18.9. The van der Waals surface area contributed by atoms with E-state index < -0.39 is 43.6 Å². The van der Waals surface area contributed by atoms with Crippen molar-refractivity contribution in [2.45, 2.75) is 184 Å². The first-order valence-electron chi connectivity index (χ1n) is 15.9. The van der Waals surface area contributed by atoms with Gasteiger partial charge in [0.25, 0.3) is 0 Å². The van der Waals surface area contributed by atoms with E-state index in [4.69, 9.17) is 28.1 Å². The molecule has 9 heteroatoms. The summed E-state index contributed by atoms with van der Waals surface area (Å²) in [5.74, 6) is -0.552. The van der Waals surface area contributed by atoms with Crippen LogP contribution in [0.15, 0.2) is 12.7 Å². The molecule has 238 valence electrons. The Morgan fingerprint density at radius 3 is 2.29 bits per heavy atom. The minimum Gasteiger partial charge on any atom is -0.409 e. The van der Waals surface area contributed by atoms with E-state index in [-0.39, 0.29) is 35.6 Å². The lowest BCUT2D eigenvalue weighted by Crippen LogP contribution is -2.58. The van der Waals surface area contributed by atoms with Crippen LogP contribution in [0.1, 0.15) is 99.8 Å². The van der Waals surface area contributed by atoms with Crippen LogP contribution in [0, 0.1) is 0 Å². The van der Waals surface area contributed by atoms with Crippen molar-refractivity contribution in [1.82, 2.24) is 0 Å². The Kier molecular flexibility index (Phi) is 9.98. The molecule has 0 amide bonds. The molecule has 0 saturated carbocycles. The van der Waals surface area contributed by atoms with Gasteiger partial charge >= 0.3 is 0 Å². The molecule has 10 atom stereocenters. The topological polar surface area (TPSA) is 95.8 Å². The van der Waals surface area contributed by atoms with Crippen LogP contribution >= 0.6 is 0 Å². The molecule has 8 nitrogen and oxygen atoms in total. The van der Waals surface area contributed by atoms with Gasteiger partial charge in [0.05, 0.1) is 60.5 Å². The van der Waals surface area contributed by atoms with Gasteiger partial charge in [-0.1, -0.05) is 26.8 Å². The number of hydrogen-bond donors (Lipinski definition) is 2. The second kappa shape index (κ2) is 12.2. The highest BCUT2D eigenvalue weighted by Crippen LogP contribution is 2.47. The number of rotatable bonds is 8. The van der Waals surface area contributed by atoms with Crippen LogP contribution in [-0.4, -0.2) is 91.0 Å². The normalized spacial score (nSPS) is 42.5. The van der Waals surface area contributed by atoms with Crippen molar-refractivity contribution in [3.63, 3.8) is 0 Å². The van der Waals surface area contributed by atoms with E-state index in [0.29, 0.717) is 19.4 Å². The average molecular weight is 599 g/mol. The summed E-state index contributed by atoms with van der Waals surface area (Å²) in [5, 5.41) is 21.6. The van der Waals surface area contributed by atoms with Gasteiger partial charge in [-0.15, -0.1) is 6.58 Å². The Morgan fingerprint density at radius 1 is 1.02 bits per heavy atom. The molecule has 0 spiro atoms. The minimum absolute atomic E-state index is 0.0331. The summed E-state index contributed by atoms with van der Waals surface area (Å²) in [4.78, 5) is 0. The molecule has 0 aliphatic carbocycles. The number of fused-ring (bicyclic) bond motifs is 2. The maximum absolute atomic E-state index is 10.9. The number of aliphatic hydroxyl groups excluding tert-OH is 2. The Balaban J connectivity index is 1.55. The van der Waals surface area contributed by atoms with Crippen LogP contribution in [0.5, 0.6) is 0 Å². The van der Waals surface area contributed by atoms with E-state index in [1.807, 2.05) is 13.8 Å². The SMILES string of the molecule is C=CC[C@@H](O)[C@@H]1O[C@]2(C)CC[C@@H]3O[C@H](CCC4COC(C)(C)O4)[C@@](C)(O[Si](C)(C)C(C)(C)C)CC[C@H]3O[C@H]2C[C@H]1O. The summed E-state index contributed by atoms with van der Waals surface area (Å²) >= 11 is 0. The van der Waals surface area contributed by atoms with Crippen molar-refractivity contribution >= 4 is 8.32 Å². The lowest BCUT2D eigenvalue weighted by Gasteiger charge is -2.48. The molecule has 4 aliphatic rings. The van der Waals surface area contributed by atoms with Gasteiger partial charge in [0.15, 0.2) is 14.1 Å². The van der Waals surface area contributed by atoms with E-state index in [2.05, 4.69) is 54.3 Å². The minimum atomic E-state index is -2.11. The molecule has 0 aromatic heterocycles. The fourth-order valence-electron chi connectivity index (χ4n) is 6.86. The summed E-state index contributed by atoms with van der Waals surface area (Å²) in [6, 6.07) is 0. The first-order valence-corrected chi connectivity index (χ1v) is 18.8. The summed E-state index contributed by atoms with van der Waals surface area (Å²) in [5.41, 5.74) is -1.07. The third kappa shape index (κ3) is 7.48. The molecule has 0 bridgehead atoms. The molecular formula is C32H58O8Si. The number of hydrogen-bond acceptors (Lipinski definition) is 8. The monoisotopic (exact) mass is 598 g/mol. The lowest BCUT2D eigenvalue weighted by molar-refractivity contribution is -0.257. The lowest BCUT2D eigenvalue weighted by atomic mass is 9.83. The Labute approximate surface area is 249 Å². The maximum Gasteiger partial charge on any atom is 0.192 e. The predicted octanol–water partition coefficient (Wildman–Crippen LogP) is 5.64. The zero-order valence-corrected chi connectivity index (χ0v) is 28.1. The van der Waals surface area contributed by atoms with Gasteiger partial charge in [0, 0.05) is 6.42 Å². The highest BCUT2D eigenvalue weighted by Gasteiger charge is 2.54. The molecule has 4 heterocycles. The highest BCUT2D eigenvalue weighted by atomic mass is 28.4. The van der Waals surface area contributed by atoms with Gasteiger partial charge in [0.2, 0.25) is 0 Å². The van der Waals surface area contributed by atoms with Crippen LogP contribution in [0.2, 0.25) is 18.1 Å². The van der Waals surface area contributed by atoms with E-state index in [0.717, 1.165) is 38.5 Å².